The highest BCUT2D eigenvalue weighted by Gasteiger charge is 2.30. The standard InChI is InChI=1S/C28H47N3O2S/c1-3-4-5-6-7-8-9-10-11-12-13-14-15-16-21-29-27(33)26-22-34-28(31-26)24-17-19-25(20-18-24)30-23(2)32/h17-20,26,28,31H,3-16,21-22H2,1-2H3,(H,29,33)(H,30,32)/t26-,28?/m0/s1. The van der Waals surface area contributed by atoms with Crippen molar-refractivity contribution in [3.8, 4) is 0 Å². The fourth-order valence-corrected chi connectivity index (χ4v) is 5.66. The number of benzene rings is 1. The molecule has 1 unspecified atom stereocenters. The number of unbranched alkanes of at least 4 members (excludes halogenated alkanes) is 13. The van der Waals surface area contributed by atoms with Crippen molar-refractivity contribution in [2.75, 3.05) is 17.6 Å². The average molecular weight is 490 g/mol. The Bertz CT molecular complexity index is 695. The second kappa shape index (κ2) is 17.8. The lowest BCUT2D eigenvalue weighted by molar-refractivity contribution is -0.122. The lowest BCUT2D eigenvalue weighted by Crippen LogP contribution is -2.42. The van der Waals surface area contributed by atoms with Gasteiger partial charge in [-0.15, -0.1) is 11.8 Å². The summed E-state index contributed by atoms with van der Waals surface area (Å²) >= 11 is 1.76. The summed E-state index contributed by atoms with van der Waals surface area (Å²) in [7, 11) is 0. The van der Waals surface area contributed by atoms with E-state index in [1.54, 1.807) is 11.8 Å². The Balaban J connectivity index is 1.44. The third-order valence-electron chi connectivity index (χ3n) is 6.46. The molecule has 34 heavy (non-hydrogen) atoms. The fraction of sp³-hybridized carbons (Fsp3) is 0.714. The van der Waals surface area contributed by atoms with Crippen molar-refractivity contribution in [1.82, 2.24) is 10.6 Å². The highest BCUT2D eigenvalue weighted by atomic mass is 32.2. The van der Waals surface area contributed by atoms with E-state index >= 15 is 0 Å². The van der Waals surface area contributed by atoms with Crippen LogP contribution in [0, 0.1) is 0 Å². The Kier molecular flexibility index (Phi) is 15.1. The van der Waals surface area contributed by atoms with Gasteiger partial charge in [-0.3, -0.25) is 14.9 Å². The fourth-order valence-electron chi connectivity index (χ4n) is 4.41. The zero-order valence-electron chi connectivity index (χ0n) is 21.5. The molecule has 2 rings (SSSR count). The van der Waals surface area contributed by atoms with Crippen LogP contribution in [0.2, 0.25) is 0 Å². The van der Waals surface area contributed by atoms with Crippen LogP contribution in [-0.4, -0.2) is 30.2 Å². The van der Waals surface area contributed by atoms with E-state index in [0.717, 1.165) is 30.0 Å². The molecule has 0 saturated carbocycles. The van der Waals surface area contributed by atoms with Gasteiger partial charge in [0, 0.05) is 24.9 Å². The van der Waals surface area contributed by atoms with Crippen LogP contribution in [0.15, 0.2) is 24.3 Å². The van der Waals surface area contributed by atoms with Crippen molar-refractivity contribution < 1.29 is 9.59 Å². The predicted octanol–water partition coefficient (Wildman–Crippen LogP) is 6.95. The molecule has 1 saturated heterocycles. The number of anilines is 1. The molecule has 0 bridgehead atoms. The first-order valence-electron chi connectivity index (χ1n) is 13.6. The van der Waals surface area contributed by atoms with E-state index in [0.29, 0.717) is 0 Å². The molecule has 1 aromatic carbocycles. The SMILES string of the molecule is CCCCCCCCCCCCCCCCNC(=O)[C@@H]1CSC(c2ccc(NC(C)=O)cc2)N1. The molecule has 2 atom stereocenters. The number of rotatable bonds is 18. The maximum atomic E-state index is 12.5. The summed E-state index contributed by atoms with van der Waals surface area (Å²) in [5, 5.41) is 9.44. The molecule has 0 radical (unpaired) electrons. The summed E-state index contributed by atoms with van der Waals surface area (Å²) in [4.78, 5) is 23.6. The minimum Gasteiger partial charge on any atom is -0.355 e. The molecule has 5 nitrogen and oxygen atoms in total. The summed E-state index contributed by atoms with van der Waals surface area (Å²) < 4.78 is 0. The molecule has 6 heteroatoms. The van der Waals surface area contributed by atoms with Crippen LogP contribution in [0.25, 0.3) is 0 Å². The summed E-state index contributed by atoms with van der Waals surface area (Å²) in [5.74, 6) is 0.819. The minimum absolute atomic E-state index is 0.0725. The van der Waals surface area contributed by atoms with Crippen molar-refractivity contribution in [3.63, 3.8) is 0 Å². The van der Waals surface area contributed by atoms with Gasteiger partial charge in [-0.1, -0.05) is 103 Å². The molecule has 1 aliphatic rings. The maximum Gasteiger partial charge on any atom is 0.238 e. The van der Waals surface area contributed by atoms with Crippen LogP contribution in [-0.2, 0) is 9.59 Å². The van der Waals surface area contributed by atoms with E-state index in [1.165, 1.54) is 90.4 Å². The Labute approximate surface area is 212 Å². The number of hydrogen-bond donors (Lipinski definition) is 3. The van der Waals surface area contributed by atoms with Crippen LogP contribution < -0.4 is 16.0 Å². The zero-order chi connectivity index (χ0) is 24.4. The molecule has 1 aliphatic heterocycles. The van der Waals surface area contributed by atoms with Crippen molar-refractivity contribution in [3.05, 3.63) is 29.8 Å². The molecule has 192 valence electrons. The lowest BCUT2D eigenvalue weighted by atomic mass is 10.0. The Morgan fingerprint density at radius 3 is 1.91 bits per heavy atom. The van der Waals surface area contributed by atoms with Crippen molar-refractivity contribution in [1.29, 1.82) is 0 Å². The number of hydrogen-bond acceptors (Lipinski definition) is 4. The Morgan fingerprint density at radius 2 is 1.38 bits per heavy atom. The molecular formula is C28H47N3O2S. The van der Waals surface area contributed by atoms with Gasteiger partial charge in [0.15, 0.2) is 0 Å². The van der Waals surface area contributed by atoms with Gasteiger partial charge in [-0.25, -0.2) is 0 Å². The van der Waals surface area contributed by atoms with Gasteiger partial charge < -0.3 is 10.6 Å². The third kappa shape index (κ3) is 12.3. The van der Waals surface area contributed by atoms with Crippen molar-refractivity contribution >= 4 is 29.3 Å². The summed E-state index contributed by atoms with van der Waals surface area (Å²) in [5.41, 5.74) is 1.92. The van der Waals surface area contributed by atoms with Gasteiger partial charge >= 0.3 is 0 Å². The minimum atomic E-state index is -0.142. The van der Waals surface area contributed by atoms with Crippen LogP contribution >= 0.6 is 11.8 Å². The van der Waals surface area contributed by atoms with Crippen LogP contribution in [0.4, 0.5) is 5.69 Å². The molecular weight excluding hydrogens is 442 g/mol. The maximum absolute atomic E-state index is 12.5. The second-order valence-electron chi connectivity index (χ2n) is 9.62. The number of carbonyl (C=O) groups excluding carboxylic acids is 2. The first-order valence-corrected chi connectivity index (χ1v) is 14.7. The Hall–Kier alpha value is -1.53. The topological polar surface area (TPSA) is 70.2 Å². The van der Waals surface area contributed by atoms with Gasteiger partial charge in [-0.05, 0) is 24.1 Å². The van der Waals surface area contributed by atoms with Crippen molar-refractivity contribution in [2.24, 2.45) is 0 Å². The smallest absolute Gasteiger partial charge is 0.238 e. The van der Waals surface area contributed by atoms with Gasteiger partial charge in [0.25, 0.3) is 0 Å². The largest absolute Gasteiger partial charge is 0.355 e. The summed E-state index contributed by atoms with van der Waals surface area (Å²) in [6, 6.07) is 7.68. The summed E-state index contributed by atoms with van der Waals surface area (Å²) in [6.07, 6.45) is 18.9. The van der Waals surface area contributed by atoms with E-state index in [9.17, 15) is 9.59 Å². The lowest BCUT2D eigenvalue weighted by Gasteiger charge is -2.14. The molecule has 1 fully saturated rings. The van der Waals surface area contributed by atoms with E-state index < -0.39 is 0 Å². The van der Waals surface area contributed by atoms with Gasteiger partial charge in [0.1, 0.15) is 0 Å². The van der Waals surface area contributed by atoms with Gasteiger partial charge in [0.05, 0.1) is 11.4 Å². The molecule has 2 amide bonds. The quantitative estimate of drug-likeness (QED) is 0.195. The third-order valence-corrected chi connectivity index (χ3v) is 7.73. The van der Waals surface area contributed by atoms with E-state index in [-0.39, 0.29) is 23.2 Å². The molecule has 1 heterocycles. The van der Waals surface area contributed by atoms with Crippen LogP contribution in [0.5, 0.6) is 0 Å². The molecule has 1 aromatic rings. The highest BCUT2D eigenvalue weighted by molar-refractivity contribution is 7.99. The predicted molar refractivity (Wildman–Crippen MR) is 146 cm³/mol. The van der Waals surface area contributed by atoms with Gasteiger partial charge in [-0.2, -0.15) is 0 Å². The van der Waals surface area contributed by atoms with Gasteiger partial charge in [0.2, 0.25) is 11.8 Å². The number of carbonyl (C=O) groups is 2. The normalized spacial score (nSPS) is 17.6. The average Bonchev–Trinajstić information content (AvgIpc) is 3.32. The monoisotopic (exact) mass is 489 g/mol. The summed E-state index contributed by atoms with van der Waals surface area (Å²) in [6.45, 7) is 4.55. The van der Waals surface area contributed by atoms with Crippen LogP contribution in [0.1, 0.15) is 115 Å². The first-order chi connectivity index (χ1) is 16.6. The number of amides is 2. The first kappa shape index (κ1) is 28.7. The van der Waals surface area contributed by atoms with Crippen LogP contribution in [0.3, 0.4) is 0 Å². The number of nitrogens with one attached hydrogen (secondary N) is 3. The Morgan fingerprint density at radius 1 is 0.853 bits per heavy atom. The van der Waals surface area contributed by atoms with E-state index in [1.807, 2.05) is 24.3 Å². The zero-order valence-corrected chi connectivity index (χ0v) is 22.3. The van der Waals surface area contributed by atoms with E-state index in [2.05, 4.69) is 22.9 Å². The second-order valence-corrected chi connectivity index (χ2v) is 10.8. The number of thioether (sulfide) groups is 1. The van der Waals surface area contributed by atoms with Crippen molar-refractivity contribution in [2.45, 2.75) is 115 Å². The van der Waals surface area contributed by atoms with E-state index in [4.69, 9.17) is 0 Å². The molecule has 0 aromatic heterocycles. The molecule has 0 aliphatic carbocycles. The molecule has 3 N–H and O–H groups in total. The molecule has 0 spiro atoms. The highest BCUT2D eigenvalue weighted by Crippen LogP contribution is 2.33.